The zero-order chi connectivity index (χ0) is 32.1. The number of ether oxygens (including phenoxy) is 1. The molecule has 0 N–H and O–H groups in total. The Morgan fingerprint density at radius 3 is 1.90 bits per heavy atom. The first-order valence-corrected chi connectivity index (χ1v) is 16.7. The van der Waals surface area contributed by atoms with Crippen molar-refractivity contribution in [3.05, 3.63) is 186 Å². The fraction of sp³-hybridized carbons (Fsp3) is 0.0222. The van der Waals surface area contributed by atoms with Crippen LogP contribution < -0.4 is 4.74 Å². The Bertz CT molecular complexity index is 2770. The number of fused-ring (bicyclic) bond motifs is 14. The first-order chi connectivity index (χ1) is 24.3. The lowest BCUT2D eigenvalue weighted by atomic mass is 9.66. The Balaban J connectivity index is 1.33. The predicted molar refractivity (Wildman–Crippen MR) is 197 cm³/mol. The molecule has 2 aliphatic rings. The van der Waals surface area contributed by atoms with Crippen LogP contribution in [-0.2, 0) is 5.41 Å². The van der Waals surface area contributed by atoms with Crippen molar-refractivity contribution in [2.45, 2.75) is 5.41 Å². The average Bonchev–Trinajstić information content (AvgIpc) is 3.66. The van der Waals surface area contributed by atoms with Crippen LogP contribution in [0.25, 0.3) is 61.0 Å². The Kier molecular flexibility index (Phi) is 5.28. The van der Waals surface area contributed by atoms with E-state index in [4.69, 9.17) is 14.7 Å². The fourth-order valence-corrected chi connectivity index (χ4v) is 8.58. The quantitative estimate of drug-likeness (QED) is 0.192. The van der Waals surface area contributed by atoms with Gasteiger partial charge in [-0.1, -0.05) is 140 Å². The summed E-state index contributed by atoms with van der Waals surface area (Å²) in [5, 5.41) is 3.38. The van der Waals surface area contributed by atoms with Crippen LogP contribution in [0.1, 0.15) is 22.3 Å². The summed E-state index contributed by atoms with van der Waals surface area (Å²) in [7, 11) is 0. The maximum atomic E-state index is 6.59. The molecule has 1 aliphatic carbocycles. The molecule has 0 fully saturated rings. The van der Waals surface area contributed by atoms with E-state index >= 15 is 0 Å². The molecule has 1 spiro atoms. The predicted octanol–water partition coefficient (Wildman–Crippen LogP) is 10.9. The van der Waals surface area contributed by atoms with Crippen molar-refractivity contribution >= 4 is 32.7 Å². The van der Waals surface area contributed by atoms with Crippen LogP contribution in [0, 0.1) is 0 Å². The zero-order valence-corrected chi connectivity index (χ0v) is 26.3. The van der Waals surface area contributed by atoms with Gasteiger partial charge in [0.25, 0.3) is 0 Å². The van der Waals surface area contributed by atoms with Crippen LogP contribution >= 0.6 is 0 Å². The van der Waals surface area contributed by atoms with Crippen LogP contribution in [0.3, 0.4) is 0 Å². The molecule has 0 amide bonds. The average molecular weight is 626 g/mol. The lowest BCUT2D eigenvalue weighted by Crippen LogP contribution is -2.32. The summed E-state index contributed by atoms with van der Waals surface area (Å²) in [5.74, 6) is 2.42. The van der Waals surface area contributed by atoms with Gasteiger partial charge >= 0.3 is 0 Å². The molecule has 49 heavy (non-hydrogen) atoms. The van der Waals surface area contributed by atoms with Gasteiger partial charge in [-0.3, -0.25) is 4.57 Å². The molecule has 228 valence electrons. The van der Waals surface area contributed by atoms with E-state index in [9.17, 15) is 0 Å². The van der Waals surface area contributed by atoms with Crippen LogP contribution in [0.15, 0.2) is 164 Å². The van der Waals surface area contributed by atoms with Gasteiger partial charge in [-0.25, -0.2) is 9.97 Å². The number of rotatable bonds is 2. The summed E-state index contributed by atoms with van der Waals surface area (Å²) < 4.78 is 8.89. The van der Waals surface area contributed by atoms with Crippen molar-refractivity contribution in [3.8, 4) is 39.8 Å². The third-order valence-electron chi connectivity index (χ3n) is 10.5. The maximum absolute atomic E-state index is 6.59. The molecule has 0 saturated heterocycles. The molecule has 0 radical (unpaired) electrons. The van der Waals surface area contributed by atoms with Gasteiger partial charge in [0.05, 0.1) is 27.7 Å². The molecule has 4 nitrogen and oxygen atoms in total. The Hall–Kier alpha value is -6.52. The van der Waals surface area contributed by atoms with Gasteiger partial charge in [-0.15, -0.1) is 0 Å². The van der Waals surface area contributed by atoms with Crippen molar-refractivity contribution in [2.24, 2.45) is 0 Å². The molecule has 0 saturated carbocycles. The van der Waals surface area contributed by atoms with Crippen molar-refractivity contribution < 1.29 is 4.74 Å². The summed E-state index contributed by atoms with van der Waals surface area (Å²) in [6.07, 6.45) is 0. The van der Waals surface area contributed by atoms with Gasteiger partial charge in [0.15, 0.2) is 0 Å². The van der Waals surface area contributed by atoms with Crippen LogP contribution in [0.5, 0.6) is 11.5 Å². The lowest BCUT2D eigenvalue weighted by molar-refractivity contribution is 0.436. The molecule has 4 heteroatoms. The monoisotopic (exact) mass is 625 g/mol. The number of hydrogen-bond acceptors (Lipinski definition) is 3. The topological polar surface area (TPSA) is 39.9 Å². The minimum absolute atomic E-state index is 0.563. The highest BCUT2D eigenvalue weighted by molar-refractivity contribution is 6.16. The summed E-state index contributed by atoms with van der Waals surface area (Å²) in [5.41, 5.74) is 11.7. The van der Waals surface area contributed by atoms with Gasteiger partial charge in [0.1, 0.15) is 11.5 Å². The van der Waals surface area contributed by atoms with Crippen molar-refractivity contribution in [3.63, 3.8) is 0 Å². The second-order valence-electron chi connectivity index (χ2n) is 12.9. The molecular formula is C45H27N3O. The van der Waals surface area contributed by atoms with Crippen molar-refractivity contribution in [2.75, 3.05) is 0 Å². The van der Waals surface area contributed by atoms with E-state index in [1.165, 1.54) is 33.0 Å². The van der Waals surface area contributed by atoms with E-state index in [-0.39, 0.29) is 0 Å². The van der Waals surface area contributed by atoms with Crippen LogP contribution in [-0.4, -0.2) is 14.5 Å². The molecule has 2 aromatic heterocycles. The summed E-state index contributed by atoms with van der Waals surface area (Å²) >= 11 is 0. The number of hydrogen-bond donors (Lipinski definition) is 0. The van der Waals surface area contributed by atoms with E-state index in [0.29, 0.717) is 5.95 Å². The van der Waals surface area contributed by atoms with E-state index in [0.717, 1.165) is 55.8 Å². The summed E-state index contributed by atoms with van der Waals surface area (Å²) in [6.45, 7) is 0. The second-order valence-corrected chi connectivity index (χ2v) is 12.9. The molecule has 0 atom stereocenters. The van der Waals surface area contributed by atoms with Gasteiger partial charge in [0, 0.05) is 38.4 Å². The fourth-order valence-electron chi connectivity index (χ4n) is 8.58. The van der Waals surface area contributed by atoms with Crippen LogP contribution in [0.4, 0.5) is 0 Å². The van der Waals surface area contributed by atoms with E-state index in [2.05, 4.69) is 162 Å². The molecule has 0 bridgehead atoms. The number of benzene rings is 7. The maximum Gasteiger partial charge on any atom is 0.235 e. The van der Waals surface area contributed by atoms with Crippen molar-refractivity contribution in [1.29, 1.82) is 0 Å². The summed E-state index contributed by atoms with van der Waals surface area (Å²) in [4.78, 5) is 10.7. The molecule has 9 aromatic rings. The first-order valence-electron chi connectivity index (χ1n) is 16.7. The highest BCUT2D eigenvalue weighted by Gasteiger charge is 2.51. The van der Waals surface area contributed by atoms with E-state index < -0.39 is 5.41 Å². The Morgan fingerprint density at radius 2 is 1.10 bits per heavy atom. The minimum Gasteiger partial charge on any atom is -0.457 e. The van der Waals surface area contributed by atoms with Crippen molar-refractivity contribution in [1.82, 2.24) is 14.5 Å². The van der Waals surface area contributed by atoms with E-state index in [1.807, 2.05) is 6.07 Å². The van der Waals surface area contributed by atoms with Crippen LogP contribution in [0.2, 0.25) is 0 Å². The highest BCUT2D eigenvalue weighted by atomic mass is 16.5. The van der Waals surface area contributed by atoms with Gasteiger partial charge in [-0.2, -0.15) is 0 Å². The normalized spacial score (nSPS) is 13.6. The molecule has 0 unspecified atom stereocenters. The largest absolute Gasteiger partial charge is 0.457 e. The third kappa shape index (κ3) is 3.42. The second kappa shape index (κ2) is 9.75. The number of para-hydroxylation sites is 4. The molecular weight excluding hydrogens is 599 g/mol. The molecule has 3 heterocycles. The smallest absolute Gasteiger partial charge is 0.235 e. The third-order valence-corrected chi connectivity index (χ3v) is 10.5. The van der Waals surface area contributed by atoms with Gasteiger partial charge in [0.2, 0.25) is 5.95 Å². The Morgan fingerprint density at radius 1 is 0.469 bits per heavy atom. The lowest BCUT2D eigenvalue weighted by Gasteiger charge is -2.39. The molecule has 1 aliphatic heterocycles. The van der Waals surface area contributed by atoms with Gasteiger partial charge in [-0.05, 0) is 41.0 Å². The van der Waals surface area contributed by atoms with E-state index in [1.54, 1.807) is 0 Å². The molecule has 7 aromatic carbocycles. The molecule has 11 rings (SSSR count). The standard InChI is InChI=1S/C45H27N3O/c1-2-14-28(15-3-1)42-32-18-5-10-22-37(32)46-44(47-42)48-38-23-11-6-16-29(38)30-26-27-36-41(43(30)48)31-17-4-7-19-33(31)45(36)34-20-8-12-24-39(34)49-40-25-13-9-21-35(40)45/h1-27H. The number of nitrogens with zero attached hydrogens (tertiary/aromatic N) is 3. The highest BCUT2D eigenvalue weighted by Crippen LogP contribution is 2.63. The number of aromatic nitrogens is 3. The zero-order valence-electron chi connectivity index (χ0n) is 26.3. The minimum atomic E-state index is -0.563. The van der Waals surface area contributed by atoms with Gasteiger partial charge < -0.3 is 4.74 Å². The Labute approximate surface area is 282 Å². The summed E-state index contributed by atoms with van der Waals surface area (Å²) in [6, 6.07) is 58.0. The first kappa shape index (κ1) is 26.5. The SMILES string of the molecule is c1ccc(-c2nc(-n3c4ccccc4c4ccc5c(c43)-c3ccccc3C53c4ccccc4Oc4ccccc43)nc3ccccc23)cc1.